The van der Waals surface area contributed by atoms with Crippen molar-refractivity contribution in [1.82, 2.24) is 0 Å². The molecule has 0 spiro atoms. The number of para-hydroxylation sites is 1. The number of halogens is 1. The lowest BCUT2D eigenvalue weighted by Crippen LogP contribution is -2.05. The van der Waals surface area contributed by atoms with Crippen LogP contribution in [0.5, 0.6) is 0 Å². The number of anilines is 1. The quantitative estimate of drug-likeness (QED) is 0.532. The number of rotatable bonds is 1. The summed E-state index contributed by atoms with van der Waals surface area (Å²) in [6.45, 7) is 0. The van der Waals surface area contributed by atoms with Gasteiger partial charge in [0.2, 0.25) is 0 Å². The SMILES string of the molecule is Fc1ccccc1NC(=S)[S-]. The molecule has 0 aromatic heterocycles. The second-order valence-electron chi connectivity index (χ2n) is 1.89. The molecule has 0 saturated heterocycles. The zero-order valence-electron chi connectivity index (χ0n) is 5.50. The maximum Gasteiger partial charge on any atom is 0.146 e. The van der Waals surface area contributed by atoms with Crippen molar-refractivity contribution in [3.63, 3.8) is 0 Å². The van der Waals surface area contributed by atoms with E-state index in [9.17, 15) is 4.39 Å². The molecular formula is C7H5FNS2-. The Labute approximate surface area is 75.0 Å². The number of thiocarbonyl (C=S) groups is 1. The van der Waals surface area contributed by atoms with Crippen LogP contribution in [0.3, 0.4) is 0 Å². The maximum absolute atomic E-state index is 12.8. The van der Waals surface area contributed by atoms with Gasteiger partial charge >= 0.3 is 0 Å². The van der Waals surface area contributed by atoms with E-state index in [1.165, 1.54) is 6.07 Å². The fourth-order valence-electron chi connectivity index (χ4n) is 0.673. The van der Waals surface area contributed by atoms with Crippen molar-refractivity contribution in [2.45, 2.75) is 0 Å². The predicted molar refractivity (Wildman–Crippen MR) is 50.0 cm³/mol. The molecule has 1 aromatic carbocycles. The Morgan fingerprint density at radius 1 is 1.45 bits per heavy atom. The molecule has 4 heteroatoms. The molecule has 58 valence electrons. The number of benzene rings is 1. The first-order chi connectivity index (χ1) is 5.20. The Balaban J connectivity index is 2.86. The Morgan fingerprint density at radius 2 is 2.09 bits per heavy atom. The van der Waals surface area contributed by atoms with Crippen LogP contribution in [-0.4, -0.2) is 4.32 Å². The highest BCUT2D eigenvalue weighted by Crippen LogP contribution is 2.11. The van der Waals surface area contributed by atoms with E-state index < -0.39 is 0 Å². The predicted octanol–water partition coefficient (Wildman–Crippen LogP) is 2.07. The van der Waals surface area contributed by atoms with E-state index in [1.54, 1.807) is 18.2 Å². The van der Waals surface area contributed by atoms with Crippen LogP contribution in [0.25, 0.3) is 0 Å². The summed E-state index contributed by atoms with van der Waals surface area (Å²) >= 11 is 9.15. The van der Waals surface area contributed by atoms with Gasteiger partial charge in [0.25, 0.3) is 0 Å². The Hall–Kier alpha value is -0.740. The van der Waals surface area contributed by atoms with Crippen LogP contribution in [0.15, 0.2) is 24.3 Å². The first kappa shape index (κ1) is 8.36. The van der Waals surface area contributed by atoms with Crippen molar-refractivity contribution in [1.29, 1.82) is 0 Å². The van der Waals surface area contributed by atoms with Crippen LogP contribution in [-0.2, 0) is 12.6 Å². The van der Waals surface area contributed by atoms with Crippen molar-refractivity contribution < 1.29 is 4.39 Å². The summed E-state index contributed by atoms with van der Waals surface area (Å²) in [5.41, 5.74) is 0.326. The fraction of sp³-hybridized carbons (Fsp3) is 0. The highest BCUT2D eigenvalue weighted by molar-refractivity contribution is 8.00. The molecule has 0 radical (unpaired) electrons. The van der Waals surface area contributed by atoms with Crippen LogP contribution >= 0.6 is 12.2 Å². The largest absolute Gasteiger partial charge is 0.411 e. The zero-order chi connectivity index (χ0) is 8.27. The Kier molecular flexibility index (Phi) is 2.73. The number of hydrogen-bond acceptors (Lipinski definition) is 2. The monoisotopic (exact) mass is 186 g/mol. The lowest BCUT2D eigenvalue weighted by Gasteiger charge is -2.09. The van der Waals surface area contributed by atoms with Gasteiger partial charge in [0.15, 0.2) is 0 Å². The molecule has 1 aromatic rings. The first-order valence-electron chi connectivity index (χ1n) is 2.92. The van der Waals surface area contributed by atoms with Crippen molar-refractivity contribution in [2.75, 3.05) is 5.32 Å². The molecule has 0 aliphatic carbocycles. The molecule has 0 unspecified atom stereocenters. The smallest absolute Gasteiger partial charge is 0.146 e. The van der Waals surface area contributed by atoms with Crippen LogP contribution in [0, 0.1) is 5.82 Å². The van der Waals surface area contributed by atoms with Crippen LogP contribution in [0.1, 0.15) is 0 Å². The van der Waals surface area contributed by atoms with E-state index >= 15 is 0 Å². The normalized spacial score (nSPS) is 9.18. The molecule has 0 fully saturated rings. The molecule has 0 saturated carbocycles. The molecular weight excluding hydrogens is 181 g/mol. The van der Waals surface area contributed by atoms with Gasteiger partial charge in [0.05, 0.1) is 5.69 Å². The molecule has 0 heterocycles. The van der Waals surface area contributed by atoms with Crippen LogP contribution < -0.4 is 5.32 Å². The van der Waals surface area contributed by atoms with E-state index in [1.807, 2.05) is 0 Å². The van der Waals surface area contributed by atoms with Gasteiger partial charge < -0.3 is 30.2 Å². The van der Waals surface area contributed by atoms with Gasteiger partial charge in [0.1, 0.15) is 5.82 Å². The number of hydrogen-bond donors (Lipinski definition) is 1. The standard InChI is InChI=1S/C7H6FNS2/c8-5-3-1-2-4-6(5)9-7(10)11/h1-4H,(H2,9,10,11)/p-1. The van der Waals surface area contributed by atoms with Crippen LogP contribution in [0.4, 0.5) is 10.1 Å². The van der Waals surface area contributed by atoms with E-state index in [-0.39, 0.29) is 10.1 Å². The highest BCUT2D eigenvalue weighted by Gasteiger charge is 1.95. The van der Waals surface area contributed by atoms with E-state index in [0.29, 0.717) is 5.69 Å². The summed E-state index contributed by atoms with van der Waals surface area (Å²) < 4.78 is 12.9. The van der Waals surface area contributed by atoms with E-state index in [4.69, 9.17) is 0 Å². The van der Waals surface area contributed by atoms with Crippen LogP contribution in [0.2, 0.25) is 0 Å². The molecule has 1 N–H and O–H groups in total. The second-order valence-corrected chi connectivity index (χ2v) is 2.97. The van der Waals surface area contributed by atoms with Gasteiger partial charge in [-0.3, -0.25) is 0 Å². The summed E-state index contributed by atoms with van der Waals surface area (Å²) in [5.74, 6) is -0.347. The van der Waals surface area contributed by atoms with Crippen molar-refractivity contribution in [3.05, 3.63) is 30.1 Å². The van der Waals surface area contributed by atoms with Gasteiger partial charge in [-0.05, 0) is 12.1 Å². The third-order valence-corrected chi connectivity index (χ3v) is 1.31. The highest BCUT2D eigenvalue weighted by atomic mass is 32.1. The minimum Gasteiger partial charge on any atom is -0.411 e. The summed E-state index contributed by atoms with van der Waals surface area (Å²) in [6, 6.07) is 6.23. The summed E-state index contributed by atoms with van der Waals surface area (Å²) in [7, 11) is 0. The van der Waals surface area contributed by atoms with E-state index in [2.05, 4.69) is 30.2 Å². The van der Waals surface area contributed by atoms with Gasteiger partial charge in [-0.2, -0.15) is 0 Å². The van der Waals surface area contributed by atoms with Gasteiger partial charge in [-0.25, -0.2) is 4.39 Å². The molecule has 0 aliphatic heterocycles. The molecule has 1 rings (SSSR count). The average Bonchev–Trinajstić information content (AvgIpc) is 1.93. The van der Waals surface area contributed by atoms with Crippen molar-refractivity contribution in [2.24, 2.45) is 0 Å². The topological polar surface area (TPSA) is 12.0 Å². The van der Waals surface area contributed by atoms with Gasteiger partial charge in [0, 0.05) is 0 Å². The van der Waals surface area contributed by atoms with Gasteiger partial charge in [-0.15, -0.1) is 0 Å². The van der Waals surface area contributed by atoms with Crippen molar-refractivity contribution in [3.8, 4) is 0 Å². The van der Waals surface area contributed by atoms with Crippen molar-refractivity contribution >= 4 is 34.9 Å². The molecule has 0 bridgehead atoms. The summed E-state index contributed by atoms with van der Waals surface area (Å²) in [6.07, 6.45) is 0. The van der Waals surface area contributed by atoms with E-state index in [0.717, 1.165) is 0 Å². The van der Waals surface area contributed by atoms with Gasteiger partial charge in [-0.1, -0.05) is 16.5 Å². The Morgan fingerprint density at radius 3 is 2.64 bits per heavy atom. The fourth-order valence-corrected chi connectivity index (χ4v) is 0.892. The Bertz CT molecular complexity index is 275. The molecule has 0 aliphatic rings. The lowest BCUT2D eigenvalue weighted by molar-refractivity contribution is 0.632. The third kappa shape index (κ3) is 2.40. The first-order valence-corrected chi connectivity index (χ1v) is 3.74. The zero-order valence-corrected chi connectivity index (χ0v) is 7.14. The molecule has 11 heavy (non-hydrogen) atoms. The molecule has 1 nitrogen and oxygen atoms in total. The minimum absolute atomic E-state index is 0.148. The molecule has 0 amide bonds. The lowest BCUT2D eigenvalue weighted by atomic mass is 10.3. The maximum atomic E-state index is 12.8. The number of nitrogens with one attached hydrogen (secondary N) is 1. The average molecular weight is 186 g/mol. The minimum atomic E-state index is -0.347. The second kappa shape index (κ2) is 3.59. The third-order valence-electron chi connectivity index (χ3n) is 1.11. The summed E-state index contributed by atoms with van der Waals surface area (Å²) in [5, 5.41) is 2.54. The summed E-state index contributed by atoms with van der Waals surface area (Å²) in [4.78, 5) is 0. The molecule has 0 atom stereocenters.